The number of hydrogen-bond acceptors (Lipinski definition) is 4. The molecule has 120 valence electrons. The van der Waals surface area contributed by atoms with Gasteiger partial charge >= 0.3 is 5.97 Å². The van der Waals surface area contributed by atoms with Crippen LogP contribution in [0.3, 0.4) is 0 Å². The lowest BCUT2D eigenvalue weighted by atomic mass is 10.1. The Kier molecular flexibility index (Phi) is 7.67. The molecular weight excluding hydrogens is 284 g/mol. The molecule has 0 heterocycles. The van der Waals surface area contributed by atoms with Gasteiger partial charge in [0.15, 0.2) is 0 Å². The molecule has 0 bridgehead atoms. The molecule has 6 heteroatoms. The van der Waals surface area contributed by atoms with E-state index in [0.717, 1.165) is 5.56 Å². The molecule has 0 aliphatic rings. The zero-order valence-corrected chi connectivity index (χ0v) is 13.0. The van der Waals surface area contributed by atoms with Crippen LogP contribution < -0.4 is 10.6 Å². The number of carbonyl (C=O) groups excluding carboxylic acids is 3. The number of ether oxygens (including phenoxy) is 1. The van der Waals surface area contributed by atoms with E-state index in [-0.39, 0.29) is 24.2 Å². The van der Waals surface area contributed by atoms with Gasteiger partial charge in [0, 0.05) is 25.6 Å². The van der Waals surface area contributed by atoms with Gasteiger partial charge in [0.2, 0.25) is 11.8 Å². The summed E-state index contributed by atoms with van der Waals surface area (Å²) >= 11 is 0. The van der Waals surface area contributed by atoms with E-state index in [1.165, 1.54) is 6.92 Å². The maximum atomic E-state index is 11.7. The molecule has 0 saturated carbocycles. The third kappa shape index (κ3) is 7.42. The van der Waals surface area contributed by atoms with Crippen molar-refractivity contribution in [2.24, 2.45) is 0 Å². The van der Waals surface area contributed by atoms with Gasteiger partial charge in [-0.1, -0.05) is 12.1 Å². The van der Waals surface area contributed by atoms with Gasteiger partial charge in [-0.3, -0.25) is 14.4 Å². The maximum Gasteiger partial charge on any atom is 0.305 e. The Morgan fingerprint density at radius 1 is 1.14 bits per heavy atom. The summed E-state index contributed by atoms with van der Waals surface area (Å²) < 4.78 is 4.80. The minimum atomic E-state index is -0.245. The summed E-state index contributed by atoms with van der Waals surface area (Å²) in [4.78, 5) is 33.8. The fraction of sp³-hybridized carbons (Fsp3) is 0.438. The Morgan fingerprint density at radius 2 is 1.82 bits per heavy atom. The van der Waals surface area contributed by atoms with Crippen molar-refractivity contribution in [1.29, 1.82) is 0 Å². The molecular formula is C16H22N2O4. The molecule has 1 rings (SSSR count). The first-order valence-corrected chi connectivity index (χ1v) is 7.30. The molecule has 0 saturated heterocycles. The second-order valence-corrected chi connectivity index (χ2v) is 4.81. The number of rotatable bonds is 8. The van der Waals surface area contributed by atoms with Gasteiger partial charge in [0.05, 0.1) is 13.0 Å². The zero-order chi connectivity index (χ0) is 16.4. The molecule has 0 atom stereocenters. The summed E-state index contributed by atoms with van der Waals surface area (Å²) in [6.07, 6.45) is 1.13. The van der Waals surface area contributed by atoms with Gasteiger partial charge in [0.25, 0.3) is 0 Å². The normalized spacial score (nSPS) is 9.91. The third-order valence-electron chi connectivity index (χ3n) is 2.82. The summed E-state index contributed by atoms with van der Waals surface area (Å²) in [5.41, 5.74) is 1.56. The highest BCUT2D eigenvalue weighted by Crippen LogP contribution is 2.09. The first-order chi connectivity index (χ1) is 10.5. The molecule has 6 nitrogen and oxygen atoms in total. The molecule has 0 aromatic heterocycles. The van der Waals surface area contributed by atoms with Crippen LogP contribution in [0.1, 0.15) is 32.3 Å². The highest BCUT2D eigenvalue weighted by atomic mass is 16.5. The average molecular weight is 306 g/mol. The van der Waals surface area contributed by atoms with Crippen LogP contribution in [0, 0.1) is 0 Å². The molecule has 0 spiro atoms. The Bertz CT molecular complexity index is 511. The smallest absolute Gasteiger partial charge is 0.305 e. The summed E-state index contributed by atoms with van der Waals surface area (Å²) in [5, 5.41) is 5.42. The van der Waals surface area contributed by atoms with E-state index >= 15 is 0 Å². The van der Waals surface area contributed by atoms with Crippen molar-refractivity contribution in [1.82, 2.24) is 5.32 Å². The second kappa shape index (κ2) is 9.55. The van der Waals surface area contributed by atoms with Gasteiger partial charge < -0.3 is 15.4 Å². The van der Waals surface area contributed by atoms with Gasteiger partial charge in [-0.25, -0.2) is 0 Å². The molecule has 0 fully saturated rings. The Morgan fingerprint density at radius 3 is 2.41 bits per heavy atom. The highest BCUT2D eigenvalue weighted by Gasteiger charge is 2.05. The SMILES string of the molecule is CCOC(=O)CCCNC(=O)Cc1ccc(NC(C)=O)cc1. The number of esters is 1. The number of nitrogens with one attached hydrogen (secondary N) is 2. The lowest BCUT2D eigenvalue weighted by molar-refractivity contribution is -0.143. The van der Waals surface area contributed by atoms with Gasteiger partial charge in [-0.05, 0) is 31.0 Å². The minimum absolute atomic E-state index is 0.101. The van der Waals surface area contributed by atoms with E-state index in [1.54, 1.807) is 31.2 Å². The van der Waals surface area contributed by atoms with Gasteiger partial charge in [0.1, 0.15) is 0 Å². The summed E-state index contributed by atoms with van der Waals surface area (Å²) in [6, 6.07) is 7.10. The largest absolute Gasteiger partial charge is 0.466 e. The molecule has 1 aromatic rings. The van der Waals surface area contributed by atoms with Crippen molar-refractivity contribution in [2.45, 2.75) is 33.1 Å². The maximum absolute atomic E-state index is 11.7. The Hall–Kier alpha value is -2.37. The van der Waals surface area contributed by atoms with E-state index in [1.807, 2.05) is 0 Å². The molecule has 0 aliphatic carbocycles. The topological polar surface area (TPSA) is 84.5 Å². The standard InChI is InChI=1S/C16H22N2O4/c1-3-22-16(21)5-4-10-17-15(20)11-13-6-8-14(9-7-13)18-12(2)19/h6-9H,3-5,10-11H2,1-2H3,(H,17,20)(H,18,19). The van der Waals surface area contributed by atoms with E-state index in [4.69, 9.17) is 4.74 Å². The van der Waals surface area contributed by atoms with Gasteiger partial charge in [-0.2, -0.15) is 0 Å². The van der Waals surface area contributed by atoms with Crippen molar-refractivity contribution >= 4 is 23.5 Å². The second-order valence-electron chi connectivity index (χ2n) is 4.81. The highest BCUT2D eigenvalue weighted by molar-refractivity contribution is 5.88. The Labute approximate surface area is 130 Å². The van der Waals surface area contributed by atoms with E-state index in [2.05, 4.69) is 10.6 Å². The molecule has 0 radical (unpaired) electrons. The lowest BCUT2D eigenvalue weighted by Gasteiger charge is -2.06. The van der Waals surface area contributed by atoms with Crippen LogP contribution in [0.5, 0.6) is 0 Å². The Balaban J connectivity index is 2.27. The number of amides is 2. The van der Waals surface area contributed by atoms with Crippen molar-refractivity contribution in [2.75, 3.05) is 18.5 Å². The molecule has 0 unspecified atom stereocenters. The summed E-state index contributed by atoms with van der Waals surface area (Å²) in [5.74, 6) is -0.478. The number of hydrogen-bond donors (Lipinski definition) is 2. The van der Waals surface area contributed by atoms with Gasteiger partial charge in [-0.15, -0.1) is 0 Å². The third-order valence-corrected chi connectivity index (χ3v) is 2.82. The fourth-order valence-corrected chi connectivity index (χ4v) is 1.85. The summed E-state index contributed by atoms with van der Waals surface area (Å²) in [6.45, 7) is 4.02. The number of carbonyl (C=O) groups is 3. The van der Waals surface area contributed by atoms with Crippen LogP contribution in [0.4, 0.5) is 5.69 Å². The zero-order valence-electron chi connectivity index (χ0n) is 13.0. The molecule has 1 aromatic carbocycles. The summed E-state index contributed by atoms with van der Waals surface area (Å²) in [7, 11) is 0. The van der Waals surface area contributed by atoms with Crippen molar-refractivity contribution in [3.05, 3.63) is 29.8 Å². The molecule has 2 N–H and O–H groups in total. The lowest BCUT2D eigenvalue weighted by Crippen LogP contribution is -2.26. The number of anilines is 1. The van der Waals surface area contributed by atoms with Crippen LogP contribution in [0.15, 0.2) is 24.3 Å². The van der Waals surface area contributed by atoms with Crippen LogP contribution in [-0.4, -0.2) is 30.9 Å². The van der Waals surface area contributed by atoms with Crippen LogP contribution >= 0.6 is 0 Å². The molecule has 0 aliphatic heterocycles. The van der Waals surface area contributed by atoms with Crippen LogP contribution in [-0.2, 0) is 25.5 Å². The first kappa shape index (κ1) is 17.7. The predicted molar refractivity (Wildman–Crippen MR) is 83.3 cm³/mol. The van der Waals surface area contributed by atoms with E-state index in [9.17, 15) is 14.4 Å². The molecule has 2 amide bonds. The quantitative estimate of drug-likeness (QED) is 0.565. The van der Waals surface area contributed by atoms with Crippen molar-refractivity contribution in [3.8, 4) is 0 Å². The van der Waals surface area contributed by atoms with Crippen molar-refractivity contribution < 1.29 is 19.1 Å². The average Bonchev–Trinajstić information content (AvgIpc) is 2.45. The fourth-order valence-electron chi connectivity index (χ4n) is 1.85. The van der Waals surface area contributed by atoms with Crippen LogP contribution in [0.25, 0.3) is 0 Å². The van der Waals surface area contributed by atoms with E-state index in [0.29, 0.717) is 31.7 Å². The predicted octanol–water partition coefficient (Wildman–Crippen LogP) is 1.65. The first-order valence-electron chi connectivity index (χ1n) is 7.30. The van der Waals surface area contributed by atoms with Crippen LogP contribution in [0.2, 0.25) is 0 Å². The van der Waals surface area contributed by atoms with E-state index < -0.39 is 0 Å². The number of benzene rings is 1. The molecule has 22 heavy (non-hydrogen) atoms. The monoisotopic (exact) mass is 306 g/mol. The minimum Gasteiger partial charge on any atom is -0.466 e. The van der Waals surface area contributed by atoms with Crippen molar-refractivity contribution in [3.63, 3.8) is 0 Å².